The average Bonchev–Trinajstić information content (AvgIpc) is 2.79. The molecule has 0 spiro atoms. The second kappa shape index (κ2) is 10.2. The number of carbonyl (C=O) groups excluding carboxylic acids is 1. The van der Waals surface area contributed by atoms with Gasteiger partial charge in [-0.2, -0.15) is 0 Å². The molecule has 180 valence electrons. The van der Waals surface area contributed by atoms with Gasteiger partial charge in [-0.15, -0.1) is 0 Å². The van der Waals surface area contributed by atoms with Gasteiger partial charge in [-0.3, -0.25) is 9.52 Å². The first kappa shape index (κ1) is 25.1. The molecule has 34 heavy (non-hydrogen) atoms. The van der Waals surface area contributed by atoms with Crippen molar-refractivity contribution in [3.05, 3.63) is 78.4 Å². The smallest absolute Gasteiger partial charge is 0.265 e. The van der Waals surface area contributed by atoms with E-state index in [0.29, 0.717) is 22.9 Å². The number of methoxy groups -OCH3 is 1. The Morgan fingerprint density at radius 3 is 1.88 bits per heavy atom. The van der Waals surface area contributed by atoms with Gasteiger partial charge in [0.1, 0.15) is 11.5 Å². The summed E-state index contributed by atoms with van der Waals surface area (Å²) in [5, 5.41) is 2.75. The Hall–Kier alpha value is -3.52. The summed E-state index contributed by atoms with van der Waals surface area (Å²) < 4.78 is 38.6. The molecule has 8 heteroatoms. The monoisotopic (exact) mass is 482 g/mol. The molecule has 2 N–H and O–H groups in total. The summed E-state index contributed by atoms with van der Waals surface area (Å²) in [7, 11) is -2.24. The van der Waals surface area contributed by atoms with Gasteiger partial charge in [-0.25, -0.2) is 8.42 Å². The number of carbonyl (C=O) groups is 1. The van der Waals surface area contributed by atoms with Gasteiger partial charge in [0.05, 0.1) is 12.0 Å². The topological polar surface area (TPSA) is 93.7 Å². The van der Waals surface area contributed by atoms with Crippen molar-refractivity contribution in [1.29, 1.82) is 0 Å². The Kier molecular flexibility index (Phi) is 7.51. The van der Waals surface area contributed by atoms with Crippen LogP contribution in [0.2, 0.25) is 0 Å². The maximum absolute atomic E-state index is 12.6. The fraction of sp³-hybridized carbons (Fsp3) is 0.269. The van der Waals surface area contributed by atoms with E-state index in [2.05, 4.69) is 30.8 Å². The molecular weight excluding hydrogens is 452 g/mol. The minimum absolute atomic E-state index is 0.0331. The molecule has 0 saturated carbocycles. The van der Waals surface area contributed by atoms with Crippen LogP contribution < -0.4 is 19.5 Å². The van der Waals surface area contributed by atoms with Crippen molar-refractivity contribution in [3.63, 3.8) is 0 Å². The van der Waals surface area contributed by atoms with Crippen LogP contribution in [0.5, 0.6) is 11.5 Å². The summed E-state index contributed by atoms with van der Waals surface area (Å²) in [5.41, 5.74) is 2.09. The Bertz CT molecular complexity index is 1210. The minimum atomic E-state index is -3.78. The summed E-state index contributed by atoms with van der Waals surface area (Å²) in [4.78, 5) is 12.6. The van der Waals surface area contributed by atoms with E-state index >= 15 is 0 Å². The van der Waals surface area contributed by atoms with Gasteiger partial charge in [0, 0.05) is 11.4 Å². The highest BCUT2D eigenvalue weighted by Crippen LogP contribution is 2.25. The van der Waals surface area contributed by atoms with Crippen molar-refractivity contribution < 1.29 is 22.7 Å². The summed E-state index contributed by atoms with van der Waals surface area (Å²) in [6.45, 7) is 8.05. The van der Waals surface area contributed by atoms with E-state index in [0.717, 1.165) is 0 Å². The Morgan fingerprint density at radius 2 is 1.35 bits per heavy atom. The second-order valence-corrected chi connectivity index (χ2v) is 10.6. The third-order valence-corrected chi connectivity index (χ3v) is 6.57. The molecule has 1 atom stereocenters. The van der Waals surface area contributed by atoms with E-state index in [4.69, 9.17) is 9.47 Å². The van der Waals surface area contributed by atoms with Crippen molar-refractivity contribution in [2.24, 2.45) is 0 Å². The molecule has 0 bridgehead atoms. The second-order valence-electron chi connectivity index (χ2n) is 8.88. The van der Waals surface area contributed by atoms with Crippen LogP contribution in [0.3, 0.4) is 0 Å². The molecule has 0 unspecified atom stereocenters. The van der Waals surface area contributed by atoms with Crippen molar-refractivity contribution in [1.82, 2.24) is 0 Å². The summed E-state index contributed by atoms with van der Waals surface area (Å²) >= 11 is 0. The molecule has 3 rings (SSSR count). The lowest BCUT2D eigenvalue weighted by Gasteiger charge is -2.20. The van der Waals surface area contributed by atoms with E-state index in [1.54, 1.807) is 31.2 Å². The lowest BCUT2D eigenvalue weighted by atomic mass is 9.87. The summed E-state index contributed by atoms with van der Waals surface area (Å²) in [5.74, 6) is 0.886. The van der Waals surface area contributed by atoms with Gasteiger partial charge in [0.25, 0.3) is 15.9 Å². The van der Waals surface area contributed by atoms with Crippen molar-refractivity contribution >= 4 is 27.3 Å². The lowest BCUT2D eigenvalue weighted by Crippen LogP contribution is -2.30. The molecular formula is C26H30N2O5S. The number of nitrogens with one attached hydrogen (secondary N) is 2. The molecule has 0 aliphatic carbocycles. The van der Waals surface area contributed by atoms with E-state index in [-0.39, 0.29) is 16.2 Å². The largest absolute Gasteiger partial charge is 0.497 e. The number of anilines is 2. The fourth-order valence-corrected chi connectivity index (χ4v) is 4.18. The average molecular weight is 483 g/mol. The first-order valence-corrected chi connectivity index (χ1v) is 12.3. The van der Waals surface area contributed by atoms with E-state index in [1.807, 2.05) is 24.3 Å². The molecule has 0 aliphatic rings. The molecule has 0 radical (unpaired) electrons. The van der Waals surface area contributed by atoms with Crippen molar-refractivity contribution in [3.8, 4) is 11.5 Å². The molecule has 7 nitrogen and oxygen atoms in total. The number of ether oxygens (including phenoxy) is 2. The number of amides is 1. The summed E-state index contributed by atoms with van der Waals surface area (Å²) in [6.07, 6.45) is -0.736. The van der Waals surface area contributed by atoms with Crippen LogP contribution in [0.1, 0.15) is 33.3 Å². The molecule has 1 amide bonds. The maximum atomic E-state index is 12.6. The predicted octanol–water partition coefficient (Wildman–Crippen LogP) is 5.20. The minimum Gasteiger partial charge on any atom is -0.497 e. The van der Waals surface area contributed by atoms with Crippen LogP contribution in [0, 0.1) is 0 Å². The number of sulfonamides is 1. The zero-order valence-corrected chi connectivity index (χ0v) is 20.8. The van der Waals surface area contributed by atoms with Crippen LogP contribution in [-0.2, 0) is 20.2 Å². The first-order chi connectivity index (χ1) is 16.0. The van der Waals surface area contributed by atoms with Gasteiger partial charge in [-0.1, -0.05) is 32.9 Å². The van der Waals surface area contributed by atoms with E-state index in [1.165, 1.54) is 36.9 Å². The zero-order valence-electron chi connectivity index (χ0n) is 20.0. The van der Waals surface area contributed by atoms with Gasteiger partial charge in [-0.05, 0) is 78.6 Å². The predicted molar refractivity (Wildman–Crippen MR) is 134 cm³/mol. The van der Waals surface area contributed by atoms with Crippen LogP contribution in [0.25, 0.3) is 0 Å². The molecule has 0 heterocycles. The van der Waals surface area contributed by atoms with Gasteiger partial charge < -0.3 is 14.8 Å². The third-order valence-electron chi connectivity index (χ3n) is 5.18. The molecule has 0 aliphatic heterocycles. The number of benzene rings is 3. The van der Waals surface area contributed by atoms with Gasteiger partial charge in [0.15, 0.2) is 6.10 Å². The normalized spacial score (nSPS) is 12.5. The van der Waals surface area contributed by atoms with E-state index < -0.39 is 16.1 Å². The van der Waals surface area contributed by atoms with E-state index in [9.17, 15) is 13.2 Å². The lowest BCUT2D eigenvalue weighted by molar-refractivity contribution is -0.122. The van der Waals surface area contributed by atoms with Gasteiger partial charge in [0.2, 0.25) is 0 Å². The van der Waals surface area contributed by atoms with Crippen LogP contribution >= 0.6 is 0 Å². The Balaban J connectivity index is 1.60. The quantitative estimate of drug-likeness (QED) is 0.460. The number of hydrogen-bond acceptors (Lipinski definition) is 5. The highest BCUT2D eigenvalue weighted by atomic mass is 32.2. The zero-order chi connectivity index (χ0) is 24.9. The third kappa shape index (κ3) is 6.51. The molecule has 0 fully saturated rings. The van der Waals surface area contributed by atoms with Gasteiger partial charge >= 0.3 is 0 Å². The first-order valence-electron chi connectivity index (χ1n) is 10.8. The van der Waals surface area contributed by atoms with Crippen molar-refractivity contribution in [2.75, 3.05) is 17.1 Å². The van der Waals surface area contributed by atoms with Crippen LogP contribution in [0.15, 0.2) is 77.7 Å². The number of rotatable bonds is 8. The SMILES string of the molecule is COc1ccc(NS(=O)(=O)c2ccc(NC(=O)[C@H](C)Oc3ccc(C(C)(C)C)cc3)cc2)cc1. The molecule has 3 aromatic rings. The number of hydrogen-bond donors (Lipinski definition) is 2. The molecule has 0 aromatic heterocycles. The fourth-order valence-electron chi connectivity index (χ4n) is 3.13. The van der Waals surface area contributed by atoms with Crippen LogP contribution in [-0.4, -0.2) is 27.5 Å². The Labute approximate surface area is 201 Å². The highest BCUT2D eigenvalue weighted by molar-refractivity contribution is 7.92. The molecule has 0 saturated heterocycles. The maximum Gasteiger partial charge on any atom is 0.265 e. The summed E-state index contributed by atoms with van der Waals surface area (Å²) in [6, 6.07) is 20.1. The highest BCUT2D eigenvalue weighted by Gasteiger charge is 2.18. The standard InChI is InChI=1S/C26H30N2O5S/c1-18(33-23-12-6-19(7-13-23)26(2,3)4)25(29)27-20-10-16-24(17-11-20)34(30,31)28-21-8-14-22(32-5)15-9-21/h6-18,28H,1-5H3,(H,27,29)/t18-/m0/s1. The molecule has 3 aromatic carbocycles. The van der Waals surface area contributed by atoms with Crippen molar-refractivity contribution in [2.45, 2.75) is 44.1 Å². The van der Waals surface area contributed by atoms with Crippen LogP contribution in [0.4, 0.5) is 11.4 Å². The Morgan fingerprint density at radius 1 is 0.824 bits per heavy atom.